The van der Waals surface area contributed by atoms with Gasteiger partial charge in [0, 0.05) is 24.7 Å². The van der Waals surface area contributed by atoms with Gasteiger partial charge in [0.05, 0.1) is 24.2 Å². The lowest BCUT2D eigenvalue weighted by Crippen LogP contribution is -2.66. The Labute approximate surface area is 322 Å². The van der Waals surface area contributed by atoms with E-state index >= 15 is 0 Å². The van der Waals surface area contributed by atoms with Crippen molar-refractivity contribution in [3.05, 3.63) is 72.7 Å². The van der Waals surface area contributed by atoms with Crippen LogP contribution in [0.2, 0.25) is 0 Å². The standard InChI is InChI=1S/C48H73NO4/c1-31(2)35-19-24-48(29-41(52)49-37(30-50)34-15-13-12-14-16-34)26-25-46(10)36(42(35)48)17-18-39-45(9)22-21-40(44(7,8)38(45)20-23-47(39,46)11)53-33(4)28-43(5,6)27-32(3)51/h12-16,35-40,42,50-51H,1,3-4,17-30H2,2,5-11H3,(H,49,52)/t35-,36?,37-,38-,39+,40?,42+,45-,46+,47+,48+/m0/s1. The second-order valence-corrected chi connectivity index (χ2v) is 21.0. The lowest BCUT2D eigenvalue weighted by Gasteiger charge is -2.73. The van der Waals surface area contributed by atoms with E-state index < -0.39 is 0 Å². The van der Waals surface area contributed by atoms with Crippen LogP contribution in [-0.4, -0.2) is 28.8 Å². The first-order chi connectivity index (χ1) is 24.7. The number of nitrogens with one attached hydrogen (secondary N) is 1. The highest BCUT2D eigenvalue weighted by molar-refractivity contribution is 5.77. The Balaban J connectivity index is 1.22. The molecule has 0 heterocycles. The number of benzene rings is 1. The fraction of sp³-hybridized carbons (Fsp3) is 0.729. The minimum Gasteiger partial charge on any atom is -0.513 e. The first-order valence-corrected chi connectivity index (χ1v) is 21.0. The van der Waals surface area contributed by atoms with E-state index in [1.807, 2.05) is 30.3 Å². The summed E-state index contributed by atoms with van der Waals surface area (Å²) in [5, 5.41) is 23.4. The van der Waals surface area contributed by atoms with Gasteiger partial charge in [-0.1, -0.05) is 104 Å². The molecule has 0 bridgehead atoms. The largest absolute Gasteiger partial charge is 0.513 e. The average molecular weight is 728 g/mol. The number of aliphatic hydroxyl groups is 2. The summed E-state index contributed by atoms with van der Waals surface area (Å²) in [5.74, 6) is 3.88. The topological polar surface area (TPSA) is 78.8 Å². The highest BCUT2D eigenvalue weighted by Crippen LogP contribution is 2.78. The van der Waals surface area contributed by atoms with Crippen molar-refractivity contribution in [1.29, 1.82) is 0 Å². The molecule has 5 nitrogen and oxygen atoms in total. The number of carbonyl (C=O) groups is 1. The Bertz CT molecular complexity index is 1560. The predicted octanol–water partition coefficient (Wildman–Crippen LogP) is 11.7. The van der Waals surface area contributed by atoms with Crippen LogP contribution in [0.15, 0.2) is 67.2 Å². The van der Waals surface area contributed by atoms with E-state index in [1.54, 1.807) is 0 Å². The van der Waals surface area contributed by atoms with E-state index in [9.17, 15) is 15.0 Å². The van der Waals surface area contributed by atoms with E-state index in [1.165, 1.54) is 44.1 Å². The van der Waals surface area contributed by atoms with Crippen molar-refractivity contribution in [3.63, 3.8) is 0 Å². The Morgan fingerprint density at radius 2 is 1.58 bits per heavy atom. The van der Waals surface area contributed by atoms with E-state index in [-0.39, 0.29) is 62.9 Å². The number of hydrogen-bond acceptors (Lipinski definition) is 4. The van der Waals surface area contributed by atoms with Crippen LogP contribution < -0.4 is 5.32 Å². The van der Waals surface area contributed by atoms with E-state index in [0.29, 0.717) is 48.9 Å². The normalized spacial score (nSPS) is 39.3. The molecule has 5 aliphatic carbocycles. The van der Waals surface area contributed by atoms with Gasteiger partial charge in [-0.05, 0) is 133 Å². The van der Waals surface area contributed by atoms with Gasteiger partial charge < -0.3 is 20.3 Å². The van der Waals surface area contributed by atoms with Gasteiger partial charge in [0.15, 0.2) is 0 Å². The van der Waals surface area contributed by atoms with Crippen molar-refractivity contribution in [1.82, 2.24) is 5.32 Å². The first-order valence-electron chi connectivity index (χ1n) is 21.0. The molecule has 5 heteroatoms. The number of hydrogen-bond donors (Lipinski definition) is 3. The molecule has 0 aromatic heterocycles. The summed E-state index contributed by atoms with van der Waals surface area (Å²) in [6.45, 7) is 32.1. The Morgan fingerprint density at radius 1 is 0.887 bits per heavy atom. The maximum absolute atomic E-state index is 14.0. The minimum absolute atomic E-state index is 0.0162. The second kappa shape index (κ2) is 14.2. The van der Waals surface area contributed by atoms with Gasteiger partial charge in [0.2, 0.25) is 5.91 Å². The maximum Gasteiger partial charge on any atom is 0.221 e. The molecule has 0 saturated heterocycles. The van der Waals surface area contributed by atoms with Gasteiger partial charge in [-0.25, -0.2) is 0 Å². The van der Waals surface area contributed by atoms with Crippen LogP contribution in [0, 0.1) is 62.1 Å². The van der Waals surface area contributed by atoms with Crippen molar-refractivity contribution in [3.8, 4) is 0 Å². The molecule has 6 rings (SSSR count). The SMILES string of the molecule is C=C(O)CC(C)(C)CC(=C)OC1CC[C@]2(C)[C@H]3CCC4[C@H]5[C@H](C(=C)C)CC[C@]5(CC(=O)N[C@@H](CO)c5ccccc5)CC[C@@]4(C)[C@]3(C)CC[C@H]2C1(C)C. The van der Waals surface area contributed by atoms with E-state index in [4.69, 9.17) is 4.74 Å². The third-order valence-corrected chi connectivity index (χ3v) is 17.1. The molecule has 53 heavy (non-hydrogen) atoms. The van der Waals surface area contributed by atoms with Crippen LogP contribution in [-0.2, 0) is 9.53 Å². The Kier molecular flexibility index (Phi) is 10.8. The monoisotopic (exact) mass is 728 g/mol. The highest BCUT2D eigenvalue weighted by atomic mass is 16.5. The van der Waals surface area contributed by atoms with Crippen LogP contribution in [0.25, 0.3) is 0 Å². The van der Waals surface area contributed by atoms with Crippen molar-refractivity contribution in [2.24, 2.45) is 62.1 Å². The van der Waals surface area contributed by atoms with Gasteiger partial charge in [-0.15, -0.1) is 0 Å². The number of allylic oxidation sites excluding steroid dienone is 3. The van der Waals surface area contributed by atoms with Crippen LogP contribution >= 0.6 is 0 Å². The summed E-state index contributed by atoms with van der Waals surface area (Å²) >= 11 is 0. The van der Waals surface area contributed by atoms with Gasteiger partial charge in [-0.3, -0.25) is 4.79 Å². The van der Waals surface area contributed by atoms with Crippen molar-refractivity contribution in [2.75, 3.05) is 6.61 Å². The predicted molar refractivity (Wildman–Crippen MR) is 217 cm³/mol. The molecule has 5 saturated carbocycles. The molecule has 11 atom stereocenters. The van der Waals surface area contributed by atoms with Crippen molar-refractivity contribution in [2.45, 2.75) is 151 Å². The summed E-state index contributed by atoms with van der Waals surface area (Å²) in [5.41, 5.74) is 2.80. The minimum atomic E-state index is -0.377. The molecule has 3 N–H and O–H groups in total. The highest BCUT2D eigenvalue weighted by Gasteiger charge is 2.71. The maximum atomic E-state index is 14.0. The molecule has 1 aromatic carbocycles. The summed E-state index contributed by atoms with van der Waals surface area (Å²) in [7, 11) is 0. The summed E-state index contributed by atoms with van der Waals surface area (Å²) in [4.78, 5) is 14.0. The van der Waals surface area contributed by atoms with E-state index in [2.05, 4.69) is 80.4 Å². The van der Waals surface area contributed by atoms with Crippen LogP contribution in [0.4, 0.5) is 0 Å². The molecular weight excluding hydrogens is 655 g/mol. The smallest absolute Gasteiger partial charge is 0.221 e. The molecule has 5 aliphatic rings. The molecule has 0 spiro atoms. The zero-order valence-electron chi connectivity index (χ0n) is 34.7. The Morgan fingerprint density at radius 3 is 2.23 bits per heavy atom. The number of ether oxygens (including phenoxy) is 1. The van der Waals surface area contributed by atoms with Gasteiger partial charge >= 0.3 is 0 Å². The van der Waals surface area contributed by atoms with Gasteiger partial charge in [0.25, 0.3) is 0 Å². The summed E-state index contributed by atoms with van der Waals surface area (Å²) < 4.78 is 6.80. The van der Waals surface area contributed by atoms with Crippen LogP contribution in [0.1, 0.15) is 150 Å². The Hall–Kier alpha value is -2.53. The van der Waals surface area contributed by atoms with Crippen LogP contribution in [0.5, 0.6) is 0 Å². The number of amides is 1. The quantitative estimate of drug-likeness (QED) is 0.148. The molecule has 0 radical (unpaired) electrons. The fourth-order valence-corrected chi connectivity index (χ4v) is 14.7. The molecular formula is C48H73NO4. The number of fused-ring (bicyclic) bond motifs is 7. The van der Waals surface area contributed by atoms with Crippen molar-refractivity contribution >= 4 is 5.91 Å². The number of carbonyl (C=O) groups excluding carboxylic acids is 1. The molecule has 294 valence electrons. The van der Waals surface area contributed by atoms with Gasteiger partial charge in [-0.2, -0.15) is 0 Å². The molecule has 1 aromatic rings. The third kappa shape index (κ3) is 6.86. The molecule has 2 unspecified atom stereocenters. The third-order valence-electron chi connectivity index (χ3n) is 17.1. The molecule has 5 fully saturated rings. The van der Waals surface area contributed by atoms with E-state index in [0.717, 1.165) is 37.0 Å². The second-order valence-electron chi connectivity index (χ2n) is 21.0. The number of rotatable bonds is 12. The molecule has 1 amide bonds. The summed E-state index contributed by atoms with van der Waals surface area (Å²) in [6, 6.07) is 9.52. The zero-order chi connectivity index (χ0) is 38.8. The zero-order valence-corrected chi connectivity index (χ0v) is 34.7. The summed E-state index contributed by atoms with van der Waals surface area (Å²) in [6.07, 6.45) is 13.7. The lowest BCUT2D eigenvalue weighted by molar-refractivity contribution is -0.249. The van der Waals surface area contributed by atoms with Crippen LogP contribution in [0.3, 0.4) is 0 Å². The fourth-order valence-electron chi connectivity index (χ4n) is 14.7. The van der Waals surface area contributed by atoms with Gasteiger partial charge in [0.1, 0.15) is 6.10 Å². The first kappa shape index (κ1) is 40.1. The molecule has 0 aliphatic heterocycles. The van der Waals surface area contributed by atoms with Crippen molar-refractivity contribution < 1.29 is 19.7 Å². The number of aliphatic hydroxyl groups excluding tert-OH is 2. The average Bonchev–Trinajstić information content (AvgIpc) is 3.44. The lowest BCUT2D eigenvalue weighted by atomic mass is 9.32.